The van der Waals surface area contributed by atoms with Crippen molar-refractivity contribution < 1.29 is 9.84 Å². The number of ether oxygens (including phenoxy) is 1. The van der Waals surface area contributed by atoms with Gasteiger partial charge in [0.1, 0.15) is 17.4 Å². The van der Waals surface area contributed by atoms with Crippen molar-refractivity contribution >= 4 is 22.8 Å². The molecule has 0 unspecified atom stereocenters. The molecule has 0 atom stereocenters. The molecule has 0 saturated heterocycles. The average Bonchev–Trinajstić information content (AvgIpc) is 2.63. The van der Waals surface area contributed by atoms with Gasteiger partial charge in [-0.1, -0.05) is 30.3 Å². The SMILES string of the molecule is COCc1cc(C)nc(N/N=C\c2c(O)ccc3ccccc23)c1C#N. The van der Waals surface area contributed by atoms with Crippen LogP contribution >= 0.6 is 0 Å². The number of fused-ring (bicyclic) bond motifs is 1. The molecule has 2 aromatic carbocycles. The van der Waals surface area contributed by atoms with Gasteiger partial charge in [-0.05, 0) is 29.8 Å². The van der Waals surface area contributed by atoms with E-state index in [1.165, 1.54) is 6.21 Å². The van der Waals surface area contributed by atoms with Crippen molar-refractivity contribution in [1.82, 2.24) is 4.98 Å². The number of benzene rings is 2. The van der Waals surface area contributed by atoms with Gasteiger partial charge in [0.2, 0.25) is 0 Å². The largest absolute Gasteiger partial charge is 0.507 e. The smallest absolute Gasteiger partial charge is 0.164 e. The molecule has 0 aliphatic heterocycles. The zero-order chi connectivity index (χ0) is 18.5. The second-order valence-electron chi connectivity index (χ2n) is 5.78. The van der Waals surface area contributed by atoms with Crippen LogP contribution in [0.25, 0.3) is 10.8 Å². The minimum atomic E-state index is 0.132. The third-order valence-electron chi connectivity index (χ3n) is 3.95. The third kappa shape index (κ3) is 3.48. The summed E-state index contributed by atoms with van der Waals surface area (Å²) in [7, 11) is 1.57. The number of nitrogens with one attached hydrogen (secondary N) is 1. The lowest BCUT2D eigenvalue weighted by atomic mass is 10.0. The summed E-state index contributed by atoms with van der Waals surface area (Å²) in [5.74, 6) is 0.488. The number of methoxy groups -OCH3 is 1. The van der Waals surface area contributed by atoms with Gasteiger partial charge in [-0.2, -0.15) is 10.4 Å². The number of phenolic OH excluding ortho intramolecular Hbond substituents is 1. The first-order chi connectivity index (χ1) is 12.6. The van der Waals surface area contributed by atoms with E-state index in [0.29, 0.717) is 23.6 Å². The van der Waals surface area contributed by atoms with Gasteiger partial charge in [-0.15, -0.1) is 0 Å². The minimum absolute atomic E-state index is 0.132. The Morgan fingerprint density at radius 1 is 1.31 bits per heavy atom. The number of hydrazone groups is 1. The van der Waals surface area contributed by atoms with E-state index in [0.717, 1.165) is 22.0 Å². The summed E-state index contributed by atoms with van der Waals surface area (Å²) in [6.07, 6.45) is 1.53. The van der Waals surface area contributed by atoms with Crippen molar-refractivity contribution in [3.05, 3.63) is 64.8 Å². The number of pyridine rings is 1. The summed E-state index contributed by atoms with van der Waals surface area (Å²) in [6.45, 7) is 2.15. The van der Waals surface area contributed by atoms with Crippen molar-refractivity contribution in [2.75, 3.05) is 12.5 Å². The highest BCUT2D eigenvalue weighted by Gasteiger charge is 2.11. The maximum Gasteiger partial charge on any atom is 0.164 e. The molecule has 1 aromatic heterocycles. The van der Waals surface area contributed by atoms with E-state index in [9.17, 15) is 10.4 Å². The number of phenols is 1. The van der Waals surface area contributed by atoms with Gasteiger partial charge in [0.15, 0.2) is 5.82 Å². The van der Waals surface area contributed by atoms with Crippen molar-refractivity contribution in [1.29, 1.82) is 5.26 Å². The Morgan fingerprint density at radius 3 is 2.88 bits per heavy atom. The summed E-state index contributed by atoms with van der Waals surface area (Å²) < 4.78 is 5.14. The number of anilines is 1. The Kier molecular flexibility index (Phi) is 5.11. The summed E-state index contributed by atoms with van der Waals surface area (Å²) in [5, 5.41) is 25.7. The molecule has 0 saturated carbocycles. The summed E-state index contributed by atoms with van der Waals surface area (Å²) in [4.78, 5) is 4.34. The molecular formula is C20H18N4O2. The molecule has 2 N–H and O–H groups in total. The molecule has 6 heteroatoms. The molecule has 3 aromatic rings. The highest BCUT2D eigenvalue weighted by Crippen LogP contribution is 2.25. The van der Waals surface area contributed by atoms with Crippen LogP contribution in [0, 0.1) is 18.3 Å². The molecule has 6 nitrogen and oxygen atoms in total. The van der Waals surface area contributed by atoms with Crippen LogP contribution in [0.5, 0.6) is 5.75 Å². The van der Waals surface area contributed by atoms with E-state index in [-0.39, 0.29) is 5.75 Å². The van der Waals surface area contributed by atoms with Gasteiger partial charge in [0.25, 0.3) is 0 Å². The topological polar surface area (TPSA) is 90.5 Å². The Hall–Kier alpha value is -3.43. The molecular weight excluding hydrogens is 328 g/mol. The van der Waals surface area contributed by atoms with Crippen LogP contribution in [0.4, 0.5) is 5.82 Å². The monoisotopic (exact) mass is 346 g/mol. The highest BCUT2D eigenvalue weighted by atomic mass is 16.5. The van der Waals surface area contributed by atoms with Crippen LogP contribution in [-0.4, -0.2) is 23.4 Å². The molecule has 0 aliphatic carbocycles. The van der Waals surface area contributed by atoms with Gasteiger partial charge >= 0.3 is 0 Å². The predicted octanol–water partition coefficient (Wildman–Crippen LogP) is 3.71. The second kappa shape index (κ2) is 7.64. The Morgan fingerprint density at radius 2 is 2.12 bits per heavy atom. The van der Waals surface area contributed by atoms with E-state index < -0.39 is 0 Å². The zero-order valence-electron chi connectivity index (χ0n) is 14.5. The van der Waals surface area contributed by atoms with Crippen LogP contribution in [-0.2, 0) is 11.3 Å². The summed E-state index contributed by atoms with van der Waals surface area (Å²) in [6, 6.07) is 15.1. The maximum atomic E-state index is 10.2. The van der Waals surface area contributed by atoms with Gasteiger partial charge in [-0.25, -0.2) is 4.98 Å². The van der Waals surface area contributed by atoms with Crippen LogP contribution < -0.4 is 5.43 Å². The summed E-state index contributed by atoms with van der Waals surface area (Å²) in [5.41, 5.74) is 5.29. The number of hydrogen-bond donors (Lipinski definition) is 2. The maximum absolute atomic E-state index is 10.2. The number of aromatic nitrogens is 1. The lowest BCUT2D eigenvalue weighted by molar-refractivity contribution is 0.184. The standard InChI is InChI=1S/C20H18N4O2/c1-13-9-15(12-26-2)17(10-21)20(23-13)24-22-11-18-16-6-4-3-5-14(16)7-8-19(18)25/h3-9,11,25H,12H2,1-2H3,(H,23,24)/b22-11-. The number of rotatable bonds is 5. The van der Waals surface area contributed by atoms with Gasteiger partial charge in [-0.3, -0.25) is 5.43 Å². The molecule has 0 spiro atoms. The van der Waals surface area contributed by atoms with Crippen molar-refractivity contribution in [3.63, 3.8) is 0 Å². The van der Waals surface area contributed by atoms with Gasteiger partial charge < -0.3 is 9.84 Å². The number of aromatic hydroxyl groups is 1. The molecule has 1 heterocycles. The highest BCUT2D eigenvalue weighted by molar-refractivity contribution is 6.02. The second-order valence-corrected chi connectivity index (χ2v) is 5.78. The lowest BCUT2D eigenvalue weighted by Gasteiger charge is -2.09. The fraction of sp³-hybridized carbons (Fsp3) is 0.150. The first-order valence-electron chi connectivity index (χ1n) is 8.03. The van der Waals surface area contributed by atoms with E-state index in [4.69, 9.17) is 4.74 Å². The normalized spacial score (nSPS) is 11.0. The van der Waals surface area contributed by atoms with E-state index in [2.05, 4.69) is 21.6 Å². The van der Waals surface area contributed by atoms with Crippen molar-refractivity contribution in [2.45, 2.75) is 13.5 Å². The average molecular weight is 346 g/mol. The molecule has 0 aliphatic rings. The number of aryl methyl sites for hydroxylation is 1. The molecule has 130 valence electrons. The van der Waals surface area contributed by atoms with Crippen LogP contribution in [0.15, 0.2) is 47.6 Å². The van der Waals surface area contributed by atoms with Crippen LogP contribution in [0.1, 0.15) is 22.4 Å². The number of hydrogen-bond acceptors (Lipinski definition) is 6. The molecule has 0 radical (unpaired) electrons. The van der Waals surface area contributed by atoms with E-state index in [1.54, 1.807) is 13.2 Å². The zero-order valence-corrected chi connectivity index (χ0v) is 14.5. The lowest BCUT2D eigenvalue weighted by Crippen LogP contribution is -2.03. The Labute approximate surface area is 151 Å². The summed E-state index contributed by atoms with van der Waals surface area (Å²) >= 11 is 0. The Balaban J connectivity index is 1.95. The van der Waals surface area contributed by atoms with Gasteiger partial charge in [0, 0.05) is 23.9 Å². The molecule has 26 heavy (non-hydrogen) atoms. The molecule has 0 bridgehead atoms. The van der Waals surface area contributed by atoms with E-state index >= 15 is 0 Å². The van der Waals surface area contributed by atoms with E-state index in [1.807, 2.05) is 43.3 Å². The number of nitriles is 1. The first-order valence-corrected chi connectivity index (χ1v) is 8.03. The van der Waals surface area contributed by atoms with Crippen molar-refractivity contribution in [3.8, 4) is 11.8 Å². The molecule has 3 rings (SSSR count). The van der Waals surface area contributed by atoms with Gasteiger partial charge in [0.05, 0.1) is 12.8 Å². The molecule has 0 fully saturated rings. The Bertz CT molecular complexity index is 1020. The van der Waals surface area contributed by atoms with Crippen LogP contribution in [0.2, 0.25) is 0 Å². The molecule has 0 amide bonds. The van der Waals surface area contributed by atoms with Crippen LogP contribution in [0.3, 0.4) is 0 Å². The first kappa shape index (κ1) is 17.4. The fourth-order valence-corrected chi connectivity index (χ4v) is 2.79. The third-order valence-corrected chi connectivity index (χ3v) is 3.95. The fourth-order valence-electron chi connectivity index (χ4n) is 2.79. The number of nitrogens with zero attached hydrogens (tertiary/aromatic N) is 3. The quantitative estimate of drug-likeness (QED) is 0.543. The van der Waals surface area contributed by atoms with Crippen molar-refractivity contribution in [2.24, 2.45) is 5.10 Å². The predicted molar refractivity (Wildman–Crippen MR) is 101 cm³/mol. The minimum Gasteiger partial charge on any atom is -0.507 e.